The lowest BCUT2D eigenvalue weighted by atomic mass is 10.2. The van der Waals surface area contributed by atoms with Crippen LogP contribution in [-0.4, -0.2) is 71.0 Å². The zero-order valence-corrected chi connectivity index (χ0v) is 21.6. The molecule has 0 amide bonds. The molecule has 0 saturated carbocycles. The summed E-state index contributed by atoms with van der Waals surface area (Å²) in [6.07, 6.45) is 6.65. The van der Waals surface area contributed by atoms with E-state index in [0.717, 1.165) is 88.2 Å². The monoisotopic (exact) mass is 515 g/mol. The maximum atomic E-state index is 5.67. The van der Waals surface area contributed by atoms with Crippen molar-refractivity contribution in [3.63, 3.8) is 0 Å². The first-order valence-electron chi connectivity index (χ1n) is 12.6. The van der Waals surface area contributed by atoms with Crippen molar-refractivity contribution in [2.45, 2.75) is 13.3 Å². The second-order valence-electron chi connectivity index (χ2n) is 8.90. The number of hydrogen-bond donors (Lipinski definition) is 2. The molecule has 5 aromatic heterocycles. The summed E-state index contributed by atoms with van der Waals surface area (Å²) < 4.78 is 12.2. The second kappa shape index (κ2) is 10.8. The van der Waals surface area contributed by atoms with Crippen LogP contribution >= 0.6 is 11.3 Å². The summed E-state index contributed by atoms with van der Waals surface area (Å²) in [5, 5.41) is 4.51. The number of nitrogens with one attached hydrogen (secondary N) is 2. The zero-order valence-electron chi connectivity index (χ0n) is 20.7. The van der Waals surface area contributed by atoms with Gasteiger partial charge in [0, 0.05) is 66.2 Å². The van der Waals surface area contributed by atoms with Crippen LogP contribution in [0.15, 0.2) is 48.9 Å². The van der Waals surface area contributed by atoms with Gasteiger partial charge in [-0.2, -0.15) is 0 Å². The van der Waals surface area contributed by atoms with E-state index < -0.39 is 0 Å². The summed E-state index contributed by atoms with van der Waals surface area (Å²) in [5.41, 5.74) is 3.69. The van der Waals surface area contributed by atoms with Crippen LogP contribution in [0.4, 0.5) is 11.6 Å². The summed E-state index contributed by atoms with van der Waals surface area (Å²) in [5.74, 6) is 2.44. The third-order valence-electron chi connectivity index (χ3n) is 6.28. The fourth-order valence-corrected chi connectivity index (χ4v) is 5.44. The Balaban J connectivity index is 1.33. The van der Waals surface area contributed by atoms with Crippen molar-refractivity contribution in [3.05, 3.63) is 48.9 Å². The second-order valence-corrected chi connectivity index (χ2v) is 9.96. The number of rotatable bonds is 9. The minimum atomic E-state index is 0.622. The lowest BCUT2D eigenvalue weighted by Crippen LogP contribution is -2.36. The quantitative estimate of drug-likeness (QED) is 0.265. The van der Waals surface area contributed by atoms with E-state index in [1.807, 2.05) is 24.7 Å². The predicted octanol–water partition coefficient (Wildman–Crippen LogP) is 4.97. The van der Waals surface area contributed by atoms with Gasteiger partial charge < -0.3 is 24.7 Å². The van der Waals surface area contributed by atoms with Gasteiger partial charge >= 0.3 is 0 Å². The average Bonchev–Trinajstić information content (AvgIpc) is 3.60. The van der Waals surface area contributed by atoms with E-state index in [-0.39, 0.29) is 0 Å². The van der Waals surface area contributed by atoms with E-state index in [0.29, 0.717) is 19.0 Å². The van der Waals surface area contributed by atoms with Crippen LogP contribution in [0.25, 0.3) is 43.1 Å². The Hall–Kier alpha value is -3.60. The Labute approximate surface area is 218 Å². The van der Waals surface area contributed by atoms with E-state index in [1.165, 1.54) is 0 Å². The molecule has 6 rings (SSSR count). The average molecular weight is 516 g/mol. The van der Waals surface area contributed by atoms with Gasteiger partial charge in [-0.05, 0) is 36.8 Å². The zero-order chi connectivity index (χ0) is 25.0. The number of morpholine rings is 1. The van der Waals surface area contributed by atoms with Gasteiger partial charge in [-0.3, -0.25) is 0 Å². The number of nitrogens with zero attached hydrogens (tertiary/aromatic N) is 5. The SMILES string of the molecule is CCCOCCNc1nc(-c2cnc3[nH]ccc3c2)nc2cc(-c3ccc(N4CCOCC4)nc3)sc12. The highest BCUT2D eigenvalue weighted by Crippen LogP contribution is 2.37. The number of pyridine rings is 2. The fourth-order valence-electron chi connectivity index (χ4n) is 4.38. The Morgan fingerprint density at radius 2 is 1.95 bits per heavy atom. The van der Waals surface area contributed by atoms with Gasteiger partial charge in [0.15, 0.2) is 5.82 Å². The van der Waals surface area contributed by atoms with Gasteiger partial charge in [-0.15, -0.1) is 11.3 Å². The molecule has 1 aliphatic heterocycles. The van der Waals surface area contributed by atoms with Crippen LogP contribution in [0.2, 0.25) is 0 Å². The van der Waals surface area contributed by atoms with Gasteiger partial charge in [-0.25, -0.2) is 19.9 Å². The molecule has 10 heteroatoms. The van der Waals surface area contributed by atoms with Crippen LogP contribution in [0, 0.1) is 0 Å². The Bertz CT molecular complexity index is 1490. The van der Waals surface area contributed by atoms with Crippen LogP contribution < -0.4 is 10.2 Å². The molecule has 6 heterocycles. The highest BCUT2D eigenvalue weighted by atomic mass is 32.1. The van der Waals surface area contributed by atoms with Gasteiger partial charge in [0.1, 0.15) is 17.3 Å². The highest BCUT2D eigenvalue weighted by molar-refractivity contribution is 7.22. The van der Waals surface area contributed by atoms with Gasteiger partial charge in [-0.1, -0.05) is 6.92 Å². The topological polar surface area (TPSA) is 101 Å². The molecule has 1 saturated heterocycles. The number of ether oxygens (including phenoxy) is 2. The number of fused-ring (bicyclic) bond motifs is 2. The van der Waals surface area contributed by atoms with Crippen LogP contribution in [-0.2, 0) is 9.47 Å². The lowest BCUT2D eigenvalue weighted by Gasteiger charge is -2.27. The maximum Gasteiger partial charge on any atom is 0.163 e. The van der Waals surface area contributed by atoms with E-state index in [2.05, 4.69) is 51.4 Å². The van der Waals surface area contributed by atoms with Crippen molar-refractivity contribution < 1.29 is 9.47 Å². The third kappa shape index (κ3) is 5.13. The van der Waals surface area contributed by atoms with E-state index in [9.17, 15) is 0 Å². The van der Waals surface area contributed by atoms with Crippen molar-refractivity contribution in [1.82, 2.24) is 24.9 Å². The highest BCUT2D eigenvalue weighted by Gasteiger charge is 2.16. The van der Waals surface area contributed by atoms with E-state index >= 15 is 0 Å². The molecule has 37 heavy (non-hydrogen) atoms. The molecule has 190 valence electrons. The molecule has 9 nitrogen and oxygen atoms in total. The smallest absolute Gasteiger partial charge is 0.163 e. The molecular formula is C27H29N7O2S. The van der Waals surface area contributed by atoms with Crippen molar-refractivity contribution in [3.8, 4) is 21.8 Å². The van der Waals surface area contributed by atoms with E-state index in [1.54, 1.807) is 11.3 Å². The first kappa shape index (κ1) is 23.8. The largest absolute Gasteiger partial charge is 0.380 e. The van der Waals surface area contributed by atoms with Gasteiger partial charge in [0.2, 0.25) is 0 Å². The molecule has 0 spiro atoms. The molecule has 2 N–H and O–H groups in total. The maximum absolute atomic E-state index is 5.67. The summed E-state index contributed by atoms with van der Waals surface area (Å²) in [7, 11) is 0. The Morgan fingerprint density at radius 1 is 1.05 bits per heavy atom. The number of aromatic nitrogens is 5. The van der Waals surface area contributed by atoms with Crippen molar-refractivity contribution in [2.24, 2.45) is 0 Å². The number of anilines is 2. The number of H-pyrrole nitrogens is 1. The Morgan fingerprint density at radius 3 is 2.78 bits per heavy atom. The fraction of sp³-hybridized carbons (Fsp3) is 0.333. The van der Waals surface area contributed by atoms with E-state index in [4.69, 9.17) is 24.4 Å². The molecule has 0 bridgehead atoms. The Kier molecular flexibility index (Phi) is 6.94. The lowest BCUT2D eigenvalue weighted by molar-refractivity contribution is 0.122. The molecule has 0 unspecified atom stereocenters. The van der Waals surface area contributed by atoms with Crippen molar-refractivity contribution in [2.75, 3.05) is 56.3 Å². The minimum absolute atomic E-state index is 0.622. The summed E-state index contributed by atoms with van der Waals surface area (Å²) in [6, 6.07) is 10.4. The summed E-state index contributed by atoms with van der Waals surface area (Å²) >= 11 is 1.67. The third-order valence-corrected chi connectivity index (χ3v) is 7.46. The molecule has 0 atom stereocenters. The predicted molar refractivity (Wildman–Crippen MR) is 148 cm³/mol. The number of hydrogen-bond acceptors (Lipinski definition) is 9. The molecule has 0 radical (unpaired) electrons. The molecule has 5 aromatic rings. The molecule has 0 aromatic carbocycles. The van der Waals surface area contributed by atoms with Crippen LogP contribution in [0.1, 0.15) is 13.3 Å². The minimum Gasteiger partial charge on any atom is -0.380 e. The van der Waals surface area contributed by atoms with Crippen molar-refractivity contribution >= 4 is 44.2 Å². The molecular weight excluding hydrogens is 486 g/mol. The standard InChI is InChI=1S/C27H29N7O2S/c1-2-10-35-11-7-29-27-24-21(32-26(33-27)20-14-18-5-6-28-25(18)31-17-20)15-22(37-24)19-3-4-23(30-16-19)34-8-12-36-13-9-34/h3-6,14-17H,2,7-13H2,1H3,(H,28,31)(H,29,32,33). The molecule has 1 fully saturated rings. The first-order chi connectivity index (χ1) is 18.3. The molecule has 0 aliphatic carbocycles. The summed E-state index contributed by atoms with van der Waals surface area (Å²) in [6.45, 7) is 7.38. The van der Waals surface area contributed by atoms with Crippen LogP contribution in [0.5, 0.6) is 0 Å². The van der Waals surface area contributed by atoms with Gasteiger partial charge in [0.25, 0.3) is 0 Å². The molecule has 1 aliphatic rings. The summed E-state index contributed by atoms with van der Waals surface area (Å²) in [4.78, 5) is 25.6. The van der Waals surface area contributed by atoms with Gasteiger partial charge in [0.05, 0.1) is 30.0 Å². The first-order valence-corrected chi connectivity index (χ1v) is 13.5. The number of aromatic amines is 1. The van der Waals surface area contributed by atoms with Crippen molar-refractivity contribution in [1.29, 1.82) is 0 Å². The normalized spacial score (nSPS) is 14.0. The van der Waals surface area contributed by atoms with Crippen LogP contribution in [0.3, 0.4) is 0 Å². The number of thiophene rings is 1.